The summed E-state index contributed by atoms with van der Waals surface area (Å²) in [6.07, 6.45) is 0.407. The molecule has 3 aromatic carbocycles. The summed E-state index contributed by atoms with van der Waals surface area (Å²) in [6.45, 7) is 6.56. The number of carbonyl (C=O) groups is 3. The van der Waals surface area contributed by atoms with E-state index < -0.39 is 18.1 Å². The van der Waals surface area contributed by atoms with Gasteiger partial charge in [-0.15, -0.1) is 0 Å². The number of amides is 4. The van der Waals surface area contributed by atoms with E-state index in [1.807, 2.05) is 63.2 Å². The molecule has 1 saturated heterocycles. The molecule has 0 saturated carbocycles. The van der Waals surface area contributed by atoms with Crippen LogP contribution in [0.2, 0.25) is 0 Å². The molecule has 1 fully saturated rings. The molecular formula is C31H30N4O3. The number of aromatic nitrogens is 1. The number of carbonyl (C=O) groups excluding carboxylic acids is 3. The number of urea groups is 1. The maximum atomic E-state index is 14.2. The first kappa shape index (κ1) is 24.0. The van der Waals surface area contributed by atoms with Crippen LogP contribution in [0.1, 0.15) is 52.6 Å². The molecule has 1 aromatic heterocycles. The number of hydrogen-bond acceptors (Lipinski definition) is 3. The van der Waals surface area contributed by atoms with Gasteiger partial charge in [-0.25, -0.2) is 9.69 Å². The number of anilines is 1. The molecule has 0 unspecified atom stereocenters. The van der Waals surface area contributed by atoms with Gasteiger partial charge in [-0.2, -0.15) is 0 Å². The second kappa shape index (κ2) is 9.17. The molecule has 4 aromatic rings. The molecule has 2 N–H and O–H groups in total. The van der Waals surface area contributed by atoms with E-state index in [-0.39, 0.29) is 17.7 Å². The Bertz CT molecular complexity index is 1590. The van der Waals surface area contributed by atoms with Gasteiger partial charge in [-0.05, 0) is 47.7 Å². The summed E-state index contributed by atoms with van der Waals surface area (Å²) in [5, 5.41) is 3.98. The molecule has 7 nitrogen and oxygen atoms in total. The van der Waals surface area contributed by atoms with Crippen molar-refractivity contribution in [3.05, 3.63) is 101 Å². The summed E-state index contributed by atoms with van der Waals surface area (Å²) < 4.78 is 0. The molecule has 38 heavy (non-hydrogen) atoms. The molecule has 2 atom stereocenters. The van der Waals surface area contributed by atoms with E-state index >= 15 is 0 Å². The van der Waals surface area contributed by atoms with Crippen LogP contribution in [0.25, 0.3) is 10.9 Å². The van der Waals surface area contributed by atoms with Gasteiger partial charge in [0, 0.05) is 29.6 Å². The maximum Gasteiger partial charge on any atom is 0.332 e. The van der Waals surface area contributed by atoms with E-state index in [9.17, 15) is 14.4 Å². The zero-order valence-corrected chi connectivity index (χ0v) is 21.7. The number of H-pyrrole nitrogens is 1. The summed E-state index contributed by atoms with van der Waals surface area (Å²) in [5.74, 6) is -0.339. The Kier molecular flexibility index (Phi) is 5.79. The van der Waals surface area contributed by atoms with Crippen LogP contribution in [0.4, 0.5) is 10.5 Å². The average Bonchev–Trinajstić information content (AvgIpc) is 3.41. The normalized spacial score (nSPS) is 18.7. The minimum atomic E-state index is -0.675. The highest BCUT2D eigenvalue weighted by molar-refractivity contribution is 6.24. The van der Waals surface area contributed by atoms with Gasteiger partial charge in [-0.1, -0.05) is 68.4 Å². The number of rotatable bonds is 5. The van der Waals surface area contributed by atoms with Crippen molar-refractivity contribution >= 4 is 34.4 Å². The van der Waals surface area contributed by atoms with Gasteiger partial charge in [0.2, 0.25) is 0 Å². The second-order valence-electron chi connectivity index (χ2n) is 10.5. The highest BCUT2D eigenvalue weighted by atomic mass is 16.2. The smallest absolute Gasteiger partial charge is 0.332 e. The van der Waals surface area contributed by atoms with Crippen molar-refractivity contribution in [2.45, 2.75) is 39.3 Å². The van der Waals surface area contributed by atoms with Crippen LogP contribution in [-0.4, -0.2) is 40.3 Å². The molecule has 0 radical (unpaired) electrons. The Labute approximate surface area is 221 Å². The zero-order chi connectivity index (χ0) is 26.6. The minimum Gasteiger partial charge on any atom is -0.356 e. The van der Waals surface area contributed by atoms with Crippen molar-refractivity contribution in [2.75, 3.05) is 11.4 Å². The number of benzene rings is 3. The van der Waals surface area contributed by atoms with Gasteiger partial charge in [-0.3, -0.25) is 14.5 Å². The minimum absolute atomic E-state index is 0.272. The van der Waals surface area contributed by atoms with Gasteiger partial charge in [0.1, 0.15) is 12.1 Å². The Morgan fingerprint density at radius 1 is 1.00 bits per heavy atom. The Hall–Kier alpha value is -4.39. The van der Waals surface area contributed by atoms with E-state index in [2.05, 4.69) is 16.4 Å². The van der Waals surface area contributed by atoms with Crippen LogP contribution >= 0.6 is 0 Å². The third kappa shape index (κ3) is 3.69. The van der Waals surface area contributed by atoms with Gasteiger partial charge < -0.3 is 10.3 Å². The predicted octanol–water partition coefficient (Wildman–Crippen LogP) is 5.35. The van der Waals surface area contributed by atoms with Crippen LogP contribution in [0.3, 0.4) is 0 Å². The topological polar surface area (TPSA) is 85.5 Å². The van der Waals surface area contributed by atoms with Crippen LogP contribution in [-0.2, 0) is 11.2 Å². The third-order valence-electron chi connectivity index (χ3n) is 7.59. The van der Waals surface area contributed by atoms with Gasteiger partial charge in [0.05, 0.1) is 11.3 Å². The lowest BCUT2D eigenvalue weighted by Gasteiger charge is -2.36. The number of hydrogen-bond donors (Lipinski definition) is 2. The van der Waals surface area contributed by atoms with E-state index in [0.29, 0.717) is 24.2 Å². The van der Waals surface area contributed by atoms with E-state index in [1.165, 1.54) is 4.90 Å². The second-order valence-corrected chi connectivity index (χ2v) is 10.5. The maximum absolute atomic E-state index is 14.2. The van der Waals surface area contributed by atoms with Gasteiger partial charge in [0.15, 0.2) is 0 Å². The van der Waals surface area contributed by atoms with Crippen molar-refractivity contribution in [3.8, 4) is 0 Å². The molecule has 0 spiro atoms. The summed E-state index contributed by atoms with van der Waals surface area (Å²) in [4.78, 5) is 47.8. The quantitative estimate of drug-likeness (QED) is 0.358. The fourth-order valence-corrected chi connectivity index (χ4v) is 5.77. The number of imide groups is 1. The summed E-state index contributed by atoms with van der Waals surface area (Å²) >= 11 is 0. The highest BCUT2D eigenvalue weighted by Gasteiger charge is 2.53. The third-order valence-corrected chi connectivity index (χ3v) is 7.59. The van der Waals surface area contributed by atoms with E-state index in [4.69, 9.17) is 0 Å². The Balaban J connectivity index is 1.48. The highest BCUT2D eigenvalue weighted by Crippen LogP contribution is 2.45. The molecule has 2 aliphatic rings. The van der Waals surface area contributed by atoms with Crippen LogP contribution in [0.5, 0.6) is 0 Å². The van der Waals surface area contributed by atoms with Crippen LogP contribution in [0, 0.1) is 12.8 Å². The molecule has 6 rings (SSSR count). The van der Waals surface area contributed by atoms with Crippen molar-refractivity contribution in [2.24, 2.45) is 5.92 Å². The van der Waals surface area contributed by atoms with Gasteiger partial charge in [0.25, 0.3) is 11.8 Å². The largest absolute Gasteiger partial charge is 0.356 e. The fraction of sp³-hybridized carbons (Fsp3) is 0.258. The van der Waals surface area contributed by atoms with Crippen molar-refractivity contribution in [3.63, 3.8) is 0 Å². The molecule has 0 aliphatic carbocycles. The molecule has 3 heterocycles. The zero-order valence-electron chi connectivity index (χ0n) is 21.7. The summed E-state index contributed by atoms with van der Waals surface area (Å²) in [6, 6.07) is 21.3. The van der Waals surface area contributed by atoms with E-state index in [0.717, 1.165) is 33.3 Å². The number of aryl methyl sites for hydroxylation is 1. The standard InChI is InChI=1S/C31H30N4O3/c1-18(2)17-32-29(36)22-13-7-9-15-25(22)35-30(37)26-16-23-21-12-6-8-14-24(21)33-27(23)28(34(26)31(35)38)20-11-5-4-10-19(20)3/h4-15,18,26,28,33H,16-17H2,1-3H3,(H,32,36)/t26-,28-/m0/s1. The van der Waals surface area contributed by atoms with Gasteiger partial charge >= 0.3 is 6.03 Å². The molecular weight excluding hydrogens is 476 g/mol. The SMILES string of the molecule is Cc1ccccc1[C@H]1c2[nH]c3ccccc3c2C[C@H]2C(=O)N(c3ccccc3C(=O)NCC(C)C)C(=O)N12. The molecule has 7 heteroatoms. The number of aromatic amines is 1. The van der Waals surface area contributed by atoms with Crippen molar-refractivity contribution in [1.82, 2.24) is 15.2 Å². The first-order valence-corrected chi connectivity index (χ1v) is 13.0. The fourth-order valence-electron chi connectivity index (χ4n) is 5.77. The lowest BCUT2D eigenvalue weighted by molar-refractivity contribution is -0.120. The Morgan fingerprint density at radius 2 is 1.71 bits per heavy atom. The first-order chi connectivity index (χ1) is 18.4. The summed E-state index contributed by atoms with van der Waals surface area (Å²) in [7, 11) is 0. The molecule has 4 amide bonds. The average molecular weight is 507 g/mol. The lowest BCUT2D eigenvalue weighted by atomic mass is 9.87. The van der Waals surface area contributed by atoms with E-state index in [1.54, 1.807) is 29.2 Å². The predicted molar refractivity (Wildman–Crippen MR) is 147 cm³/mol. The molecule has 2 aliphatic heterocycles. The first-order valence-electron chi connectivity index (χ1n) is 13.0. The number of nitrogens with zero attached hydrogens (tertiary/aromatic N) is 2. The Morgan fingerprint density at radius 3 is 2.50 bits per heavy atom. The molecule has 0 bridgehead atoms. The number of fused-ring (bicyclic) bond motifs is 4. The molecule has 192 valence electrons. The van der Waals surface area contributed by atoms with Crippen molar-refractivity contribution < 1.29 is 14.4 Å². The number of nitrogens with one attached hydrogen (secondary N) is 2. The monoisotopic (exact) mass is 506 g/mol. The van der Waals surface area contributed by atoms with Crippen LogP contribution < -0.4 is 10.2 Å². The van der Waals surface area contributed by atoms with Crippen LogP contribution in [0.15, 0.2) is 72.8 Å². The lowest BCUT2D eigenvalue weighted by Crippen LogP contribution is -2.44. The summed E-state index contributed by atoms with van der Waals surface area (Å²) in [5.41, 5.74) is 5.61. The van der Waals surface area contributed by atoms with Crippen molar-refractivity contribution in [1.29, 1.82) is 0 Å². The number of para-hydroxylation sites is 2.